The molecule has 0 atom stereocenters. The van der Waals surface area contributed by atoms with Gasteiger partial charge in [0.15, 0.2) is 0 Å². The first-order valence-electron chi connectivity index (χ1n) is 17.2. The Morgan fingerprint density at radius 3 is 1.06 bits per heavy atom. The first kappa shape index (κ1) is 28.4. The van der Waals surface area contributed by atoms with E-state index in [9.17, 15) is 0 Å². The molecule has 50 heavy (non-hydrogen) atoms. The van der Waals surface area contributed by atoms with Gasteiger partial charge in [0.05, 0.1) is 22.1 Å². The molecule has 2 heterocycles. The Labute approximate surface area is 290 Å². The summed E-state index contributed by atoms with van der Waals surface area (Å²) >= 11 is 0. The third kappa shape index (κ3) is 4.50. The fourth-order valence-corrected chi connectivity index (χ4v) is 7.81. The maximum absolute atomic E-state index is 2.46. The Morgan fingerprint density at radius 2 is 0.600 bits per heavy atom. The van der Waals surface area contributed by atoms with Crippen LogP contribution < -0.4 is 0 Å². The summed E-state index contributed by atoms with van der Waals surface area (Å²) in [4.78, 5) is 0. The van der Waals surface area contributed by atoms with Gasteiger partial charge in [-0.3, -0.25) is 0 Å². The van der Waals surface area contributed by atoms with Crippen molar-refractivity contribution in [3.8, 4) is 44.8 Å². The summed E-state index contributed by atoms with van der Waals surface area (Å²) < 4.78 is 4.90. The zero-order valence-corrected chi connectivity index (χ0v) is 27.4. The molecule has 2 nitrogen and oxygen atoms in total. The van der Waals surface area contributed by atoms with Crippen LogP contribution in [-0.4, -0.2) is 9.13 Å². The number of para-hydroxylation sites is 3. The SMILES string of the molecule is c1ccc(-c2cc(-c3ccccc3)cc(-c3ccc(-n4c5ccccc5c5ccc6c7ccccc7n(-c7ccccc7)c6c54)cc3)c2)cc1. The zero-order chi connectivity index (χ0) is 33.0. The lowest BCUT2D eigenvalue weighted by Crippen LogP contribution is -1.98. The van der Waals surface area contributed by atoms with Gasteiger partial charge >= 0.3 is 0 Å². The average Bonchev–Trinajstić information content (AvgIpc) is 3.72. The molecule has 0 aliphatic heterocycles. The van der Waals surface area contributed by atoms with Crippen molar-refractivity contribution in [2.45, 2.75) is 0 Å². The predicted molar refractivity (Wildman–Crippen MR) is 211 cm³/mol. The van der Waals surface area contributed by atoms with E-state index in [0.29, 0.717) is 0 Å². The summed E-state index contributed by atoms with van der Waals surface area (Å²) in [5, 5.41) is 5.01. The van der Waals surface area contributed by atoms with E-state index in [1.54, 1.807) is 0 Å². The van der Waals surface area contributed by atoms with Crippen LogP contribution in [0.4, 0.5) is 0 Å². The molecule has 10 rings (SSSR count). The fraction of sp³-hybridized carbons (Fsp3) is 0. The smallest absolute Gasteiger partial charge is 0.0788 e. The van der Waals surface area contributed by atoms with Crippen LogP contribution in [0, 0.1) is 0 Å². The second kappa shape index (κ2) is 11.5. The van der Waals surface area contributed by atoms with E-state index < -0.39 is 0 Å². The lowest BCUT2D eigenvalue weighted by Gasteiger charge is -2.14. The van der Waals surface area contributed by atoms with Crippen LogP contribution in [0.15, 0.2) is 194 Å². The average molecular weight is 637 g/mol. The highest BCUT2D eigenvalue weighted by Gasteiger charge is 2.21. The highest BCUT2D eigenvalue weighted by molar-refractivity contribution is 6.23. The molecule has 0 saturated carbocycles. The van der Waals surface area contributed by atoms with Crippen molar-refractivity contribution < 1.29 is 0 Å². The van der Waals surface area contributed by atoms with Crippen molar-refractivity contribution in [1.82, 2.24) is 9.13 Å². The Hall–Kier alpha value is -6.64. The van der Waals surface area contributed by atoms with E-state index in [1.807, 2.05) is 0 Å². The van der Waals surface area contributed by atoms with E-state index in [4.69, 9.17) is 0 Å². The van der Waals surface area contributed by atoms with E-state index in [0.717, 1.165) is 11.4 Å². The topological polar surface area (TPSA) is 9.86 Å². The van der Waals surface area contributed by atoms with Gasteiger partial charge in [-0.15, -0.1) is 0 Å². The van der Waals surface area contributed by atoms with E-state index in [-0.39, 0.29) is 0 Å². The summed E-state index contributed by atoms with van der Waals surface area (Å²) in [5.74, 6) is 0. The van der Waals surface area contributed by atoms with E-state index >= 15 is 0 Å². The Balaban J connectivity index is 1.21. The molecule has 0 saturated heterocycles. The molecule has 0 aliphatic carbocycles. The van der Waals surface area contributed by atoms with Gasteiger partial charge in [-0.1, -0.05) is 140 Å². The van der Waals surface area contributed by atoms with Crippen LogP contribution in [0.1, 0.15) is 0 Å². The van der Waals surface area contributed by atoms with Crippen LogP contribution in [0.3, 0.4) is 0 Å². The summed E-state index contributed by atoms with van der Waals surface area (Å²) in [6.07, 6.45) is 0. The van der Waals surface area contributed by atoms with Crippen LogP contribution >= 0.6 is 0 Å². The highest BCUT2D eigenvalue weighted by Crippen LogP contribution is 2.42. The number of aromatic nitrogens is 2. The van der Waals surface area contributed by atoms with Crippen molar-refractivity contribution >= 4 is 43.6 Å². The molecule has 0 fully saturated rings. The van der Waals surface area contributed by atoms with Crippen molar-refractivity contribution in [2.24, 2.45) is 0 Å². The first-order chi connectivity index (χ1) is 24.8. The van der Waals surface area contributed by atoms with E-state index in [1.165, 1.54) is 77.0 Å². The van der Waals surface area contributed by atoms with Gasteiger partial charge in [-0.05, 0) is 88.0 Å². The Kier molecular flexibility index (Phi) is 6.53. The summed E-state index contributed by atoms with van der Waals surface area (Å²) in [7, 11) is 0. The molecular weight excluding hydrogens is 605 g/mol. The van der Waals surface area contributed by atoms with Crippen molar-refractivity contribution in [3.05, 3.63) is 194 Å². The number of nitrogens with zero attached hydrogens (tertiary/aromatic N) is 2. The van der Waals surface area contributed by atoms with Gasteiger partial charge in [0.25, 0.3) is 0 Å². The molecule has 0 unspecified atom stereocenters. The molecule has 0 amide bonds. The van der Waals surface area contributed by atoms with Gasteiger partial charge in [-0.25, -0.2) is 0 Å². The van der Waals surface area contributed by atoms with Crippen LogP contribution in [0.25, 0.3) is 88.4 Å². The largest absolute Gasteiger partial charge is 0.307 e. The summed E-state index contributed by atoms with van der Waals surface area (Å²) in [6, 6.07) is 70.4. The van der Waals surface area contributed by atoms with Crippen LogP contribution in [0.2, 0.25) is 0 Å². The van der Waals surface area contributed by atoms with E-state index in [2.05, 4.69) is 203 Å². The molecule has 0 aliphatic rings. The molecular formula is C48H32N2. The monoisotopic (exact) mass is 636 g/mol. The van der Waals surface area contributed by atoms with Crippen molar-refractivity contribution in [1.29, 1.82) is 0 Å². The molecule has 0 N–H and O–H groups in total. The van der Waals surface area contributed by atoms with Gasteiger partial charge in [0.1, 0.15) is 0 Å². The minimum absolute atomic E-state index is 1.14. The Bertz CT molecular complexity index is 2770. The minimum atomic E-state index is 1.14. The predicted octanol–water partition coefficient (Wildman–Crippen LogP) is 12.9. The second-order valence-corrected chi connectivity index (χ2v) is 13.0. The lowest BCUT2D eigenvalue weighted by atomic mass is 9.93. The molecule has 234 valence electrons. The lowest BCUT2D eigenvalue weighted by molar-refractivity contribution is 1.15. The molecule has 0 spiro atoms. The number of hydrogen-bond acceptors (Lipinski definition) is 0. The molecule has 10 aromatic rings. The second-order valence-electron chi connectivity index (χ2n) is 13.0. The fourth-order valence-electron chi connectivity index (χ4n) is 7.81. The molecule has 0 radical (unpaired) electrons. The highest BCUT2D eigenvalue weighted by atomic mass is 15.0. The quantitative estimate of drug-likeness (QED) is 0.178. The maximum Gasteiger partial charge on any atom is 0.0788 e. The van der Waals surface area contributed by atoms with Crippen molar-refractivity contribution in [2.75, 3.05) is 0 Å². The number of hydrogen-bond donors (Lipinski definition) is 0. The third-order valence-corrected chi connectivity index (χ3v) is 10.1. The third-order valence-electron chi connectivity index (χ3n) is 10.1. The summed E-state index contributed by atoms with van der Waals surface area (Å²) in [6.45, 7) is 0. The van der Waals surface area contributed by atoms with Crippen molar-refractivity contribution in [3.63, 3.8) is 0 Å². The molecule has 2 aromatic heterocycles. The van der Waals surface area contributed by atoms with Crippen LogP contribution in [0.5, 0.6) is 0 Å². The first-order valence-corrected chi connectivity index (χ1v) is 17.2. The van der Waals surface area contributed by atoms with Gasteiger partial charge < -0.3 is 9.13 Å². The molecule has 8 aromatic carbocycles. The normalized spacial score (nSPS) is 11.6. The zero-order valence-electron chi connectivity index (χ0n) is 27.4. The number of fused-ring (bicyclic) bond motifs is 7. The number of benzene rings is 8. The van der Waals surface area contributed by atoms with Crippen LogP contribution in [-0.2, 0) is 0 Å². The summed E-state index contributed by atoms with van der Waals surface area (Å²) in [5.41, 5.74) is 14.4. The molecule has 0 bridgehead atoms. The number of rotatable bonds is 5. The standard InChI is InChI=1S/C48H32N2/c1-4-14-33(15-5-1)36-30-37(34-16-6-2-7-17-34)32-38(31-36)35-24-26-40(27-25-35)50-46-23-13-11-21-42(46)44-29-28-43-41-20-10-12-22-45(41)49(47(43)48(44)50)39-18-8-3-9-19-39/h1-32H. The Morgan fingerprint density at radius 1 is 0.240 bits per heavy atom. The van der Waals surface area contributed by atoms with Gasteiger partial charge in [0, 0.05) is 32.9 Å². The maximum atomic E-state index is 2.46. The minimum Gasteiger partial charge on any atom is -0.307 e. The van der Waals surface area contributed by atoms with Gasteiger partial charge in [-0.2, -0.15) is 0 Å². The van der Waals surface area contributed by atoms with Gasteiger partial charge in [0.2, 0.25) is 0 Å². The molecule has 2 heteroatoms.